The molecule has 7 heteroatoms. The van der Waals surface area contributed by atoms with Crippen molar-refractivity contribution in [3.8, 4) is 0 Å². The van der Waals surface area contributed by atoms with Gasteiger partial charge < -0.3 is 10.8 Å². The zero-order valence-corrected chi connectivity index (χ0v) is 12.0. The number of nitrogens with two attached hydrogens (primary N) is 1. The summed E-state index contributed by atoms with van der Waals surface area (Å²) in [5.74, 6) is 1.29. The molecule has 20 heavy (non-hydrogen) atoms. The third-order valence-electron chi connectivity index (χ3n) is 5.28. The first-order valence-electron chi connectivity index (χ1n) is 7.02. The number of anilines is 1. The zero-order valence-electron chi connectivity index (χ0n) is 11.2. The topological polar surface area (TPSA) is 94.0 Å². The molecule has 4 aliphatic carbocycles. The highest BCUT2D eigenvalue weighted by atomic mass is 35.5. The first-order chi connectivity index (χ1) is 9.06. The van der Waals surface area contributed by atoms with Crippen molar-refractivity contribution >= 4 is 24.3 Å². The highest BCUT2D eigenvalue weighted by Crippen LogP contribution is 2.58. The van der Waals surface area contributed by atoms with E-state index in [1.165, 1.54) is 19.3 Å². The molecule has 4 bridgehead atoms. The third kappa shape index (κ3) is 1.81. The lowest BCUT2D eigenvalue weighted by molar-refractivity contribution is -0.0483. The van der Waals surface area contributed by atoms with Gasteiger partial charge in [0.25, 0.3) is 5.82 Å². The Labute approximate surface area is 123 Å². The fourth-order valence-electron chi connectivity index (χ4n) is 5.09. The van der Waals surface area contributed by atoms with Crippen LogP contribution in [-0.2, 0) is 5.54 Å². The van der Waals surface area contributed by atoms with E-state index in [4.69, 9.17) is 10.8 Å². The van der Waals surface area contributed by atoms with Gasteiger partial charge in [0.2, 0.25) is 5.95 Å². The Morgan fingerprint density at radius 1 is 1.20 bits per heavy atom. The molecule has 0 saturated heterocycles. The molecule has 3 N–H and O–H groups in total. The average molecular weight is 299 g/mol. The fraction of sp³-hybridized carbons (Fsp3) is 0.769. The normalized spacial score (nSPS) is 37.7. The van der Waals surface area contributed by atoms with Crippen LogP contribution in [0.15, 0.2) is 0 Å². The van der Waals surface area contributed by atoms with E-state index >= 15 is 0 Å². The highest BCUT2D eigenvalue weighted by molar-refractivity contribution is 5.85. The number of hydrogen-bond donors (Lipinski definition) is 2. The maximum absolute atomic E-state index is 11.0. The molecular formula is C13H19ClN4O2. The standard InChI is InChI=1S/C13H18N4O2.ClH/c14-12-15-10(11(18)19)16-17(12)13-4-7-1-8(5-13)3-9(2-7)6-13;/h7-9H,1-6H2,(H,18,19)(H2,14,15,16);1H. The minimum atomic E-state index is -1.10. The SMILES string of the molecule is Cl.Nc1nc(C(=O)O)nn1C12CC3CC(CC(C3)C1)C2. The van der Waals surface area contributed by atoms with Gasteiger partial charge in [-0.1, -0.05) is 0 Å². The number of nitrogen functional groups attached to an aromatic ring is 1. The van der Waals surface area contributed by atoms with Crippen LogP contribution in [0.25, 0.3) is 0 Å². The van der Waals surface area contributed by atoms with Crippen LogP contribution in [-0.4, -0.2) is 25.8 Å². The predicted molar refractivity (Wildman–Crippen MR) is 74.8 cm³/mol. The molecule has 5 rings (SSSR count). The van der Waals surface area contributed by atoms with E-state index in [9.17, 15) is 4.79 Å². The summed E-state index contributed by atoms with van der Waals surface area (Å²) in [5.41, 5.74) is 5.87. The summed E-state index contributed by atoms with van der Waals surface area (Å²) in [4.78, 5) is 14.9. The summed E-state index contributed by atoms with van der Waals surface area (Å²) < 4.78 is 1.74. The summed E-state index contributed by atoms with van der Waals surface area (Å²) in [6.45, 7) is 0. The van der Waals surface area contributed by atoms with Gasteiger partial charge in [-0.2, -0.15) is 4.98 Å². The predicted octanol–water partition coefficient (Wildman–Crippen LogP) is 1.91. The molecule has 0 unspecified atom stereocenters. The molecule has 4 saturated carbocycles. The van der Waals surface area contributed by atoms with Gasteiger partial charge >= 0.3 is 5.97 Å². The molecule has 0 aromatic carbocycles. The van der Waals surface area contributed by atoms with Crippen molar-refractivity contribution in [2.24, 2.45) is 17.8 Å². The van der Waals surface area contributed by atoms with Crippen molar-refractivity contribution in [1.29, 1.82) is 0 Å². The molecule has 0 amide bonds. The van der Waals surface area contributed by atoms with E-state index < -0.39 is 5.97 Å². The Kier molecular flexibility index (Phi) is 2.97. The van der Waals surface area contributed by atoms with Gasteiger partial charge in [0.15, 0.2) is 0 Å². The minimum Gasteiger partial charge on any atom is -0.475 e. The first-order valence-corrected chi connectivity index (χ1v) is 7.02. The van der Waals surface area contributed by atoms with E-state index in [0.717, 1.165) is 37.0 Å². The van der Waals surface area contributed by atoms with Crippen molar-refractivity contribution < 1.29 is 9.90 Å². The molecule has 0 aliphatic heterocycles. The lowest BCUT2D eigenvalue weighted by Crippen LogP contribution is -2.52. The van der Waals surface area contributed by atoms with Gasteiger partial charge in [0, 0.05) is 0 Å². The number of aromatic nitrogens is 3. The second-order valence-corrected chi connectivity index (χ2v) is 6.65. The molecule has 6 nitrogen and oxygen atoms in total. The Morgan fingerprint density at radius 2 is 1.70 bits per heavy atom. The molecule has 0 radical (unpaired) electrons. The van der Waals surface area contributed by atoms with Crippen LogP contribution < -0.4 is 5.73 Å². The molecule has 4 aliphatic rings. The summed E-state index contributed by atoms with van der Waals surface area (Å²) in [7, 11) is 0. The van der Waals surface area contributed by atoms with Crippen molar-refractivity contribution in [2.75, 3.05) is 5.73 Å². The number of carboxylic acids is 1. The van der Waals surface area contributed by atoms with Crippen LogP contribution in [0.1, 0.15) is 49.1 Å². The quantitative estimate of drug-likeness (QED) is 0.869. The summed E-state index contributed by atoms with van der Waals surface area (Å²) in [5, 5.41) is 13.2. The second kappa shape index (κ2) is 4.35. The van der Waals surface area contributed by atoms with Crippen LogP contribution in [0.3, 0.4) is 0 Å². The van der Waals surface area contributed by atoms with Gasteiger partial charge in [-0.25, -0.2) is 9.48 Å². The second-order valence-electron chi connectivity index (χ2n) is 6.65. The number of carbonyl (C=O) groups is 1. The molecule has 0 spiro atoms. The van der Waals surface area contributed by atoms with Crippen LogP contribution in [0.5, 0.6) is 0 Å². The van der Waals surface area contributed by atoms with E-state index in [1.807, 2.05) is 0 Å². The Bertz CT molecular complexity index is 521. The lowest BCUT2D eigenvalue weighted by atomic mass is 9.53. The van der Waals surface area contributed by atoms with Gasteiger partial charge in [0.1, 0.15) is 0 Å². The first kappa shape index (κ1) is 13.7. The van der Waals surface area contributed by atoms with Crippen molar-refractivity contribution in [3.63, 3.8) is 0 Å². The monoisotopic (exact) mass is 298 g/mol. The van der Waals surface area contributed by atoms with Gasteiger partial charge in [-0.3, -0.25) is 0 Å². The highest BCUT2D eigenvalue weighted by Gasteiger charge is 2.53. The molecule has 1 aromatic rings. The number of carboxylic acid groups (broad SMARTS) is 1. The molecule has 4 fully saturated rings. The number of aromatic carboxylic acids is 1. The molecule has 1 heterocycles. The number of rotatable bonds is 2. The number of hydrogen-bond acceptors (Lipinski definition) is 4. The van der Waals surface area contributed by atoms with Crippen LogP contribution in [0.2, 0.25) is 0 Å². The van der Waals surface area contributed by atoms with E-state index in [-0.39, 0.29) is 29.7 Å². The Morgan fingerprint density at radius 3 is 2.10 bits per heavy atom. The van der Waals surface area contributed by atoms with E-state index in [0.29, 0.717) is 0 Å². The molecule has 1 aromatic heterocycles. The summed E-state index contributed by atoms with van der Waals surface area (Å²) in [6.07, 6.45) is 7.27. The van der Waals surface area contributed by atoms with E-state index in [1.54, 1.807) is 4.68 Å². The largest absolute Gasteiger partial charge is 0.475 e. The van der Waals surface area contributed by atoms with Gasteiger partial charge in [-0.05, 0) is 56.3 Å². The third-order valence-corrected chi connectivity index (χ3v) is 5.28. The molecule has 110 valence electrons. The fourth-order valence-corrected chi connectivity index (χ4v) is 5.09. The van der Waals surface area contributed by atoms with Crippen LogP contribution in [0.4, 0.5) is 5.95 Å². The van der Waals surface area contributed by atoms with Crippen molar-refractivity contribution in [3.05, 3.63) is 5.82 Å². The van der Waals surface area contributed by atoms with Gasteiger partial charge in [-0.15, -0.1) is 17.5 Å². The van der Waals surface area contributed by atoms with Crippen LogP contribution in [0, 0.1) is 17.8 Å². The minimum absolute atomic E-state index is 0. The Balaban J connectivity index is 0.00000121. The smallest absolute Gasteiger partial charge is 0.375 e. The Hall–Kier alpha value is -1.30. The van der Waals surface area contributed by atoms with Crippen molar-refractivity contribution in [2.45, 2.75) is 44.1 Å². The number of nitrogens with zero attached hydrogens (tertiary/aromatic N) is 3. The number of halogens is 1. The summed E-state index contributed by atoms with van der Waals surface area (Å²) >= 11 is 0. The maximum atomic E-state index is 11.0. The average Bonchev–Trinajstić information content (AvgIpc) is 2.70. The maximum Gasteiger partial charge on any atom is 0.375 e. The van der Waals surface area contributed by atoms with Gasteiger partial charge in [0.05, 0.1) is 5.54 Å². The lowest BCUT2D eigenvalue weighted by Gasteiger charge is -2.56. The zero-order chi connectivity index (χ0) is 13.2. The molecule has 0 atom stereocenters. The van der Waals surface area contributed by atoms with Crippen molar-refractivity contribution in [1.82, 2.24) is 14.8 Å². The molecular weight excluding hydrogens is 280 g/mol. The van der Waals surface area contributed by atoms with E-state index in [2.05, 4.69) is 10.1 Å². The summed E-state index contributed by atoms with van der Waals surface area (Å²) in [6, 6.07) is 0. The van der Waals surface area contributed by atoms with Crippen LogP contribution >= 0.6 is 12.4 Å².